The van der Waals surface area contributed by atoms with E-state index in [-0.39, 0.29) is 5.56 Å². The zero-order valence-electron chi connectivity index (χ0n) is 10.0. The molecule has 2 aromatic heterocycles. The molecule has 0 aromatic carbocycles. The average Bonchev–Trinajstić information content (AvgIpc) is 2.27. The summed E-state index contributed by atoms with van der Waals surface area (Å²) in [5.74, 6) is 0. The maximum atomic E-state index is 11.3. The van der Waals surface area contributed by atoms with Crippen LogP contribution >= 0.6 is 11.8 Å². The first-order valence-electron chi connectivity index (χ1n) is 5.44. The summed E-state index contributed by atoms with van der Waals surface area (Å²) in [6.07, 6.45) is 1.08. The molecule has 6 heteroatoms. The van der Waals surface area contributed by atoms with Gasteiger partial charge in [-0.1, -0.05) is 0 Å². The summed E-state index contributed by atoms with van der Waals surface area (Å²) < 4.78 is 0. The van der Waals surface area contributed by atoms with Crippen molar-refractivity contribution in [2.45, 2.75) is 30.1 Å². The van der Waals surface area contributed by atoms with Crippen LogP contribution in [-0.4, -0.2) is 20.1 Å². The molecular formula is C12H13N3O2S. The van der Waals surface area contributed by atoms with E-state index in [9.17, 15) is 9.90 Å². The number of aliphatic hydroxyl groups excluding tert-OH is 1. The second kappa shape index (κ2) is 5.32. The smallest absolute Gasteiger partial charge is 0.251 e. The molecule has 5 nitrogen and oxygen atoms in total. The highest BCUT2D eigenvalue weighted by molar-refractivity contribution is 7.99. The number of rotatable bonds is 3. The van der Waals surface area contributed by atoms with Crippen molar-refractivity contribution < 1.29 is 5.11 Å². The van der Waals surface area contributed by atoms with Crippen LogP contribution in [0.3, 0.4) is 0 Å². The van der Waals surface area contributed by atoms with E-state index in [1.165, 1.54) is 17.8 Å². The normalized spacial score (nSPS) is 12.4. The number of aliphatic hydroxyl groups is 1. The number of aryl methyl sites for hydroxylation is 1. The minimum atomic E-state index is -0.545. The number of nitrogens with zero attached hydrogens (tertiary/aromatic N) is 2. The molecule has 0 saturated carbocycles. The number of nitrogens with one attached hydrogen (secondary N) is 1. The van der Waals surface area contributed by atoms with Gasteiger partial charge in [0.15, 0.2) is 5.16 Å². The monoisotopic (exact) mass is 263 g/mol. The molecule has 2 aromatic rings. The molecule has 0 saturated heterocycles. The van der Waals surface area contributed by atoms with Gasteiger partial charge >= 0.3 is 0 Å². The molecule has 0 unspecified atom stereocenters. The molecule has 0 fully saturated rings. The summed E-state index contributed by atoms with van der Waals surface area (Å²) in [4.78, 5) is 22.3. The topological polar surface area (TPSA) is 78.9 Å². The summed E-state index contributed by atoms with van der Waals surface area (Å²) in [6, 6.07) is 4.96. The van der Waals surface area contributed by atoms with Crippen molar-refractivity contribution in [3.8, 4) is 0 Å². The lowest BCUT2D eigenvalue weighted by atomic mass is 10.2. The number of hydrogen-bond acceptors (Lipinski definition) is 5. The van der Waals surface area contributed by atoms with Crippen LogP contribution in [0.25, 0.3) is 0 Å². The predicted octanol–water partition coefficient (Wildman–Crippen LogP) is 1.68. The van der Waals surface area contributed by atoms with Gasteiger partial charge in [-0.05, 0) is 43.3 Å². The summed E-state index contributed by atoms with van der Waals surface area (Å²) in [5.41, 5.74) is 1.26. The third-order valence-corrected chi connectivity index (χ3v) is 3.11. The maximum Gasteiger partial charge on any atom is 0.251 e. The number of aromatic amines is 1. The first-order chi connectivity index (χ1) is 8.54. The van der Waals surface area contributed by atoms with Gasteiger partial charge in [0.25, 0.3) is 5.56 Å². The van der Waals surface area contributed by atoms with Crippen LogP contribution in [0.2, 0.25) is 0 Å². The summed E-state index contributed by atoms with van der Waals surface area (Å²) in [5, 5.41) is 10.7. The Morgan fingerprint density at radius 2 is 2.22 bits per heavy atom. The van der Waals surface area contributed by atoms with Gasteiger partial charge in [-0.25, -0.2) is 9.97 Å². The van der Waals surface area contributed by atoms with E-state index in [2.05, 4.69) is 15.0 Å². The highest BCUT2D eigenvalue weighted by Crippen LogP contribution is 2.24. The number of aromatic nitrogens is 3. The second-order valence-electron chi connectivity index (χ2n) is 3.90. The van der Waals surface area contributed by atoms with Crippen LogP contribution in [0.15, 0.2) is 39.4 Å². The summed E-state index contributed by atoms with van der Waals surface area (Å²) in [6.45, 7) is 3.45. The van der Waals surface area contributed by atoms with E-state index in [1.807, 2.05) is 0 Å². The number of H-pyrrole nitrogens is 1. The van der Waals surface area contributed by atoms with Crippen LogP contribution in [0.5, 0.6) is 0 Å². The van der Waals surface area contributed by atoms with Crippen molar-refractivity contribution in [2.24, 2.45) is 0 Å². The fourth-order valence-corrected chi connectivity index (χ4v) is 2.29. The molecule has 2 heterocycles. The van der Waals surface area contributed by atoms with E-state index in [0.29, 0.717) is 15.9 Å². The van der Waals surface area contributed by atoms with Crippen molar-refractivity contribution in [3.63, 3.8) is 0 Å². The van der Waals surface area contributed by atoms with Gasteiger partial charge in [0.2, 0.25) is 0 Å². The number of pyridine rings is 1. The lowest BCUT2D eigenvalue weighted by Crippen LogP contribution is -2.08. The van der Waals surface area contributed by atoms with Crippen LogP contribution in [0, 0.1) is 6.92 Å². The molecule has 0 aliphatic heterocycles. The Labute approximate surface area is 108 Å². The largest absolute Gasteiger partial charge is 0.389 e. The zero-order chi connectivity index (χ0) is 13.1. The Morgan fingerprint density at radius 3 is 2.89 bits per heavy atom. The van der Waals surface area contributed by atoms with Crippen LogP contribution in [0.4, 0.5) is 0 Å². The molecule has 2 N–H and O–H groups in total. The second-order valence-corrected chi connectivity index (χ2v) is 4.91. The van der Waals surface area contributed by atoms with Crippen molar-refractivity contribution in [2.75, 3.05) is 0 Å². The van der Waals surface area contributed by atoms with E-state index in [1.54, 1.807) is 32.2 Å². The van der Waals surface area contributed by atoms with E-state index in [4.69, 9.17) is 0 Å². The number of hydrogen-bond donors (Lipinski definition) is 2. The first kappa shape index (κ1) is 12.8. The molecule has 0 aliphatic carbocycles. The maximum absolute atomic E-state index is 11.3. The van der Waals surface area contributed by atoms with Crippen molar-refractivity contribution >= 4 is 11.8 Å². The Balaban J connectivity index is 2.28. The quantitative estimate of drug-likeness (QED) is 0.824. The Hall–Kier alpha value is -1.66. The van der Waals surface area contributed by atoms with Crippen LogP contribution in [0.1, 0.15) is 24.3 Å². The molecular weight excluding hydrogens is 250 g/mol. The highest BCUT2D eigenvalue weighted by atomic mass is 32.2. The molecule has 1 atom stereocenters. The molecule has 94 valence electrons. The van der Waals surface area contributed by atoms with Gasteiger partial charge in [0.1, 0.15) is 5.03 Å². The Kier molecular flexibility index (Phi) is 3.78. The van der Waals surface area contributed by atoms with Gasteiger partial charge < -0.3 is 10.1 Å². The van der Waals surface area contributed by atoms with E-state index < -0.39 is 6.10 Å². The molecule has 0 amide bonds. The van der Waals surface area contributed by atoms with E-state index >= 15 is 0 Å². The minimum Gasteiger partial charge on any atom is -0.389 e. The molecule has 2 rings (SSSR count). The predicted molar refractivity (Wildman–Crippen MR) is 68.6 cm³/mol. The van der Waals surface area contributed by atoms with Gasteiger partial charge in [-0.15, -0.1) is 0 Å². The molecule has 18 heavy (non-hydrogen) atoms. The average molecular weight is 263 g/mol. The fourth-order valence-electron chi connectivity index (χ4n) is 1.44. The zero-order valence-corrected chi connectivity index (χ0v) is 10.9. The minimum absolute atomic E-state index is 0.184. The Bertz CT molecular complexity index is 610. The lowest BCUT2D eigenvalue weighted by Gasteiger charge is -2.06. The first-order valence-corrected chi connectivity index (χ1v) is 6.26. The van der Waals surface area contributed by atoms with Gasteiger partial charge in [0.05, 0.1) is 6.10 Å². The van der Waals surface area contributed by atoms with Gasteiger partial charge in [0, 0.05) is 18.0 Å². The van der Waals surface area contributed by atoms with Crippen LogP contribution in [-0.2, 0) is 0 Å². The Morgan fingerprint density at radius 1 is 1.44 bits per heavy atom. The van der Waals surface area contributed by atoms with Crippen molar-refractivity contribution in [1.82, 2.24) is 15.0 Å². The van der Waals surface area contributed by atoms with E-state index in [0.717, 1.165) is 5.56 Å². The summed E-state index contributed by atoms with van der Waals surface area (Å²) in [7, 11) is 0. The molecule has 0 aliphatic rings. The van der Waals surface area contributed by atoms with Gasteiger partial charge in [-0.3, -0.25) is 4.79 Å². The van der Waals surface area contributed by atoms with Crippen molar-refractivity contribution in [3.05, 3.63) is 46.0 Å². The fraction of sp³-hybridized carbons (Fsp3) is 0.250. The molecule has 0 spiro atoms. The third kappa shape index (κ3) is 3.18. The van der Waals surface area contributed by atoms with Crippen molar-refractivity contribution in [1.29, 1.82) is 0 Å². The summed E-state index contributed by atoms with van der Waals surface area (Å²) >= 11 is 1.26. The SMILES string of the molecule is Cc1cc(=O)[nH]c(Sc2cc([C@@H](C)O)ccn2)n1. The molecule has 0 bridgehead atoms. The highest BCUT2D eigenvalue weighted by Gasteiger charge is 2.06. The van der Waals surface area contributed by atoms with Crippen LogP contribution < -0.4 is 5.56 Å². The standard InChI is InChI=1S/C12H13N3O2S/c1-7-5-10(17)15-12(14-7)18-11-6-9(8(2)16)3-4-13-11/h3-6,8,16H,1-2H3,(H,14,15,17)/t8-/m1/s1. The lowest BCUT2D eigenvalue weighted by molar-refractivity contribution is 0.199. The van der Waals surface area contributed by atoms with Gasteiger partial charge in [-0.2, -0.15) is 0 Å². The third-order valence-electron chi connectivity index (χ3n) is 2.29. The molecule has 0 radical (unpaired) electrons.